The molecule has 0 amide bonds. The van der Waals surface area contributed by atoms with Crippen molar-refractivity contribution in [2.45, 2.75) is 43.8 Å². The van der Waals surface area contributed by atoms with Gasteiger partial charge in [0.05, 0.1) is 18.5 Å². The van der Waals surface area contributed by atoms with Gasteiger partial charge in [-0.1, -0.05) is 0 Å². The minimum atomic E-state index is -0.547. The highest BCUT2D eigenvalue weighted by molar-refractivity contribution is 5.81. The van der Waals surface area contributed by atoms with Gasteiger partial charge in [0, 0.05) is 13.0 Å². The Labute approximate surface area is 120 Å². The van der Waals surface area contributed by atoms with Gasteiger partial charge in [-0.25, -0.2) is 15.0 Å². The first-order chi connectivity index (χ1) is 10.2. The number of imidazole rings is 1. The van der Waals surface area contributed by atoms with Crippen molar-refractivity contribution in [1.29, 1.82) is 0 Å². The standard InChI is InChI=1S/C13H17N5O3/c14-12-10-13(16-5-15-12)18(6-17-10)9-4-7(19)11(21-9)8-2-1-3-20-8/h5-9,11,19H,1-4H2,(H2,14,15,16)/t7-,8?,9+,11-/m0/s1. The number of hydrogen-bond donors (Lipinski definition) is 2. The van der Waals surface area contributed by atoms with E-state index in [9.17, 15) is 5.11 Å². The van der Waals surface area contributed by atoms with E-state index in [0.29, 0.717) is 23.4 Å². The maximum absolute atomic E-state index is 10.2. The van der Waals surface area contributed by atoms with Crippen molar-refractivity contribution in [2.24, 2.45) is 0 Å². The zero-order chi connectivity index (χ0) is 14.4. The van der Waals surface area contributed by atoms with Crippen molar-refractivity contribution in [3.8, 4) is 0 Å². The van der Waals surface area contributed by atoms with Crippen molar-refractivity contribution in [1.82, 2.24) is 19.5 Å². The first-order valence-electron chi connectivity index (χ1n) is 7.12. The van der Waals surface area contributed by atoms with Crippen LogP contribution < -0.4 is 5.73 Å². The van der Waals surface area contributed by atoms with E-state index in [4.69, 9.17) is 15.2 Å². The molecule has 8 heteroatoms. The van der Waals surface area contributed by atoms with E-state index in [-0.39, 0.29) is 18.4 Å². The number of nitrogen functional groups attached to an aromatic ring is 1. The normalized spacial score (nSPS) is 33.0. The molecule has 3 N–H and O–H groups in total. The molecule has 112 valence electrons. The lowest BCUT2D eigenvalue weighted by Crippen LogP contribution is -2.33. The summed E-state index contributed by atoms with van der Waals surface area (Å²) in [6, 6.07) is 0. The average molecular weight is 291 g/mol. The number of aromatic nitrogens is 4. The molecule has 1 unspecified atom stereocenters. The van der Waals surface area contributed by atoms with Gasteiger partial charge in [0.1, 0.15) is 24.2 Å². The topological polar surface area (TPSA) is 108 Å². The summed E-state index contributed by atoms with van der Waals surface area (Å²) in [6.07, 6.45) is 4.27. The summed E-state index contributed by atoms with van der Waals surface area (Å²) in [5.74, 6) is 0.341. The molecule has 0 bridgehead atoms. The van der Waals surface area contributed by atoms with E-state index in [1.165, 1.54) is 6.33 Å². The molecule has 0 saturated carbocycles. The SMILES string of the molecule is Nc1ncnc2c1ncn2[C@H]1C[C@H](O)[C@@H](C2CCCO2)O1. The van der Waals surface area contributed by atoms with Crippen LogP contribution in [0, 0.1) is 0 Å². The molecule has 21 heavy (non-hydrogen) atoms. The molecule has 8 nitrogen and oxygen atoms in total. The fourth-order valence-electron chi connectivity index (χ4n) is 3.13. The lowest BCUT2D eigenvalue weighted by molar-refractivity contribution is -0.0877. The van der Waals surface area contributed by atoms with E-state index in [1.54, 1.807) is 10.9 Å². The number of nitrogens with two attached hydrogens (primary N) is 1. The number of nitrogens with zero attached hydrogens (tertiary/aromatic N) is 4. The van der Waals surface area contributed by atoms with E-state index in [0.717, 1.165) is 19.4 Å². The lowest BCUT2D eigenvalue weighted by Gasteiger charge is -2.21. The Bertz CT molecular complexity index is 654. The van der Waals surface area contributed by atoms with Crippen LogP contribution in [0.4, 0.5) is 5.82 Å². The fraction of sp³-hybridized carbons (Fsp3) is 0.615. The largest absolute Gasteiger partial charge is 0.390 e. The van der Waals surface area contributed by atoms with Crippen molar-refractivity contribution >= 4 is 17.0 Å². The van der Waals surface area contributed by atoms with E-state index in [2.05, 4.69) is 15.0 Å². The number of rotatable bonds is 2. The second-order valence-corrected chi connectivity index (χ2v) is 5.49. The van der Waals surface area contributed by atoms with E-state index >= 15 is 0 Å². The average Bonchev–Trinajstić information content (AvgIpc) is 3.16. The maximum atomic E-state index is 10.2. The lowest BCUT2D eigenvalue weighted by atomic mass is 10.1. The summed E-state index contributed by atoms with van der Waals surface area (Å²) in [4.78, 5) is 12.4. The summed E-state index contributed by atoms with van der Waals surface area (Å²) in [6.45, 7) is 0.736. The molecule has 2 aliphatic heterocycles. The summed E-state index contributed by atoms with van der Waals surface area (Å²) in [5, 5.41) is 10.2. The molecule has 0 aromatic carbocycles. The Morgan fingerprint density at radius 3 is 3.05 bits per heavy atom. The zero-order valence-electron chi connectivity index (χ0n) is 11.4. The molecule has 0 spiro atoms. The van der Waals surface area contributed by atoms with E-state index in [1.807, 2.05) is 0 Å². The number of ether oxygens (including phenoxy) is 2. The molecule has 4 atom stereocenters. The van der Waals surface area contributed by atoms with Crippen LogP contribution in [0.3, 0.4) is 0 Å². The summed E-state index contributed by atoms with van der Waals surface area (Å²) < 4.78 is 13.4. The third-order valence-corrected chi connectivity index (χ3v) is 4.17. The van der Waals surface area contributed by atoms with Crippen LogP contribution in [0.15, 0.2) is 12.7 Å². The molecule has 2 aromatic heterocycles. The monoisotopic (exact) mass is 291 g/mol. The third kappa shape index (κ3) is 2.06. The van der Waals surface area contributed by atoms with Crippen molar-refractivity contribution in [3.63, 3.8) is 0 Å². The van der Waals surface area contributed by atoms with Gasteiger partial charge in [0.25, 0.3) is 0 Å². The predicted octanol–water partition coefficient (Wildman–Crippen LogP) is 0.236. The minimum absolute atomic E-state index is 0.0283. The minimum Gasteiger partial charge on any atom is -0.390 e. The van der Waals surface area contributed by atoms with Gasteiger partial charge >= 0.3 is 0 Å². The Hall–Kier alpha value is -1.77. The van der Waals surface area contributed by atoms with Crippen LogP contribution in [0.1, 0.15) is 25.5 Å². The van der Waals surface area contributed by atoms with Crippen LogP contribution in [0.5, 0.6) is 0 Å². The van der Waals surface area contributed by atoms with Crippen LogP contribution in [0.25, 0.3) is 11.2 Å². The Morgan fingerprint density at radius 1 is 1.33 bits per heavy atom. The molecular weight excluding hydrogens is 274 g/mol. The molecule has 2 saturated heterocycles. The quantitative estimate of drug-likeness (QED) is 0.815. The number of aliphatic hydroxyl groups excluding tert-OH is 1. The van der Waals surface area contributed by atoms with Gasteiger partial charge in [0.15, 0.2) is 11.5 Å². The molecule has 0 aliphatic carbocycles. The second-order valence-electron chi connectivity index (χ2n) is 5.49. The highest BCUT2D eigenvalue weighted by Gasteiger charge is 2.42. The van der Waals surface area contributed by atoms with Gasteiger partial charge in [-0.15, -0.1) is 0 Å². The van der Waals surface area contributed by atoms with Crippen LogP contribution in [0.2, 0.25) is 0 Å². The van der Waals surface area contributed by atoms with Gasteiger partial charge in [-0.2, -0.15) is 0 Å². The Kier molecular flexibility index (Phi) is 3.02. The van der Waals surface area contributed by atoms with Crippen molar-refractivity contribution in [2.75, 3.05) is 12.3 Å². The second kappa shape index (κ2) is 4.90. The smallest absolute Gasteiger partial charge is 0.167 e. The first kappa shape index (κ1) is 12.9. The molecule has 2 aliphatic rings. The predicted molar refractivity (Wildman–Crippen MR) is 73.2 cm³/mol. The summed E-state index contributed by atoms with van der Waals surface area (Å²) in [5.41, 5.74) is 6.96. The summed E-state index contributed by atoms with van der Waals surface area (Å²) >= 11 is 0. The maximum Gasteiger partial charge on any atom is 0.167 e. The Morgan fingerprint density at radius 2 is 2.24 bits per heavy atom. The molecular formula is C13H17N5O3. The van der Waals surface area contributed by atoms with E-state index < -0.39 is 6.10 Å². The van der Waals surface area contributed by atoms with Gasteiger partial charge in [-0.05, 0) is 12.8 Å². The zero-order valence-corrected chi connectivity index (χ0v) is 11.4. The van der Waals surface area contributed by atoms with Crippen LogP contribution in [-0.2, 0) is 9.47 Å². The first-order valence-corrected chi connectivity index (χ1v) is 7.12. The van der Waals surface area contributed by atoms with Crippen molar-refractivity contribution < 1.29 is 14.6 Å². The molecule has 4 heterocycles. The molecule has 2 aromatic rings. The van der Waals surface area contributed by atoms with Crippen molar-refractivity contribution in [3.05, 3.63) is 12.7 Å². The third-order valence-electron chi connectivity index (χ3n) is 4.17. The fourth-order valence-corrected chi connectivity index (χ4v) is 3.13. The van der Waals surface area contributed by atoms with Gasteiger partial charge in [0.2, 0.25) is 0 Å². The number of aliphatic hydroxyl groups is 1. The number of anilines is 1. The van der Waals surface area contributed by atoms with Gasteiger partial charge in [-0.3, -0.25) is 4.57 Å². The van der Waals surface area contributed by atoms with Crippen LogP contribution >= 0.6 is 0 Å². The number of fused-ring (bicyclic) bond motifs is 1. The summed E-state index contributed by atoms with van der Waals surface area (Å²) in [7, 11) is 0. The Balaban J connectivity index is 1.63. The highest BCUT2D eigenvalue weighted by atomic mass is 16.6. The molecule has 2 fully saturated rings. The van der Waals surface area contributed by atoms with Gasteiger partial charge < -0.3 is 20.3 Å². The molecule has 4 rings (SSSR count). The number of hydrogen-bond acceptors (Lipinski definition) is 7. The highest BCUT2D eigenvalue weighted by Crippen LogP contribution is 2.35. The van der Waals surface area contributed by atoms with Crippen LogP contribution in [-0.4, -0.2) is 49.5 Å². The molecule has 0 radical (unpaired) electrons.